The van der Waals surface area contributed by atoms with Crippen molar-refractivity contribution in [2.75, 3.05) is 26.8 Å². The van der Waals surface area contributed by atoms with Crippen LogP contribution >= 0.6 is 0 Å². The lowest BCUT2D eigenvalue weighted by Gasteiger charge is -2.29. The largest absolute Gasteiger partial charge is 0.411 e. The van der Waals surface area contributed by atoms with Gasteiger partial charge in [-0.2, -0.15) is 18.3 Å². The summed E-state index contributed by atoms with van der Waals surface area (Å²) in [7, 11) is 1.56. The molecule has 0 spiro atoms. The number of rotatable bonds is 6. The number of nitrogens with zero attached hydrogens (tertiary/aromatic N) is 3. The van der Waals surface area contributed by atoms with Crippen molar-refractivity contribution in [1.82, 2.24) is 25.0 Å². The van der Waals surface area contributed by atoms with Gasteiger partial charge in [-0.3, -0.25) is 14.7 Å². The van der Waals surface area contributed by atoms with Crippen molar-refractivity contribution < 1.29 is 27.5 Å². The number of aromatic nitrogens is 3. The third kappa shape index (κ3) is 4.15. The molecule has 0 atom stereocenters. The normalized spacial score (nSPS) is 17.0. The van der Waals surface area contributed by atoms with Crippen LogP contribution in [0.25, 0.3) is 10.9 Å². The maximum atomic E-state index is 13.2. The fraction of sp³-hybridized carbons (Fsp3) is 0.435. The van der Waals surface area contributed by atoms with Gasteiger partial charge in [0.2, 0.25) is 0 Å². The first-order chi connectivity index (χ1) is 16.2. The Balaban J connectivity index is 1.30. The third-order valence-corrected chi connectivity index (χ3v) is 6.66. The summed E-state index contributed by atoms with van der Waals surface area (Å²) in [5.41, 5.74) is 2.19. The number of para-hydroxylation sites is 1. The van der Waals surface area contributed by atoms with E-state index in [2.05, 4.69) is 15.2 Å². The molecule has 0 bridgehead atoms. The van der Waals surface area contributed by atoms with Gasteiger partial charge in [-0.15, -0.1) is 0 Å². The van der Waals surface area contributed by atoms with Gasteiger partial charge in [0.15, 0.2) is 5.69 Å². The zero-order chi connectivity index (χ0) is 24.1. The SMILES string of the molecule is CN(C(=O)c1n[nH]c2c1CN(C(=O)c1cc3ccccc3[nH]1)CC2)C1(COCC(F)(F)F)CC1. The van der Waals surface area contributed by atoms with E-state index in [-0.39, 0.29) is 24.8 Å². The Morgan fingerprint density at radius 3 is 2.74 bits per heavy atom. The number of hydrogen-bond donors (Lipinski definition) is 2. The molecule has 11 heteroatoms. The number of likely N-dealkylation sites (N-methyl/N-ethyl adjacent to an activating group) is 1. The van der Waals surface area contributed by atoms with Crippen LogP contribution in [0.2, 0.25) is 0 Å². The first kappa shape index (κ1) is 22.5. The average molecular weight is 475 g/mol. The molecular weight excluding hydrogens is 451 g/mol. The Kier molecular flexibility index (Phi) is 5.38. The standard InChI is InChI=1S/C23H24F3N5O3/c1-30(22(7-8-22)12-34-13-23(24,25)26)21(33)19-15-11-31(9-6-17(15)28-29-19)20(32)18-10-14-4-2-3-5-16(14)27-18/h2-5,10,27H,6-9,11-13H2,1H3,(H,28,29). The first-order valence-electron chi connectivity index (χ1n) is 11.0. The van der Waals surface area contributed by atoms with Crippen molar-refractivity contribution in [3.8, 4) is 0 Å². The predicted molar refractivity (Wildman–Crippen MR) is 116 cm³/mol. The monoisotopic (exact) mass is 475 g/mol. The molecule has 0 radical (unpaired) electrons. The zero-order valence-electron chi connectivity index (χ0n) is 18.5. The van der Waals surface area contributed by atoms with E-state index in [0.29, 0.717) is 37.1 Å². The summed E-state index contributed by atoms with van der Waals surface area (Å²) in [6.07, 6.45) is -2.78. The van der Waals surface area contributed by atoms with E-state index in [9.17, 15) is 22.8 Å². The smallest absolute Gasteiger partial charge is 0.370 e. The van der Waals surface area contributed by atoms with Crippen LogP contribution in [0, 0.1) is 0 Å². The van der Waals surface area contributed by atoms with Crippen LogP contribution in [0.1, 0.15) is 45.1 Å². The minimum absolute atomic E-state index is 0.172. The van der Waals surface area contributed by atoms with E-state index in [0.717, 1.165) is 16.6 Å². The van der Waals surface area contributed by atoms with Gasteiger partial charge in [-0.25, -0.2) is 0 Å². The highest BCUT2D eigenvalue weighted by Gasteiger charge is 2.50. The predicted octanol–water partition coefficient (Wildman–Crippen LogP) is 3.27. The number of aromatic amines is 2. The fourth-order valence-corrected chi connectivity index (χ4v) is 4.46. The molecule has 5 rings (SSSR count). The van der Waals surface area contributed by atoms with Crippen LogP contribution in [-0.2, 0) is 17.7 Å². The van der Waals surface area contributed by atoms with E-state index in [1.165, 1.54) is 4.90 Å². The second-order valence-corrected chi connectivity index (χ2v) is 8.97. The lowest BCUT2D eigenvalue weighted by Crippen LogP contribution is -2.44. The van der Waals surface area contributed by atoms with Gasteiger partial charge >= 0.3 is 6.18 Å². The molecule has 1 aliphatic carbocycles. The lowest BCUT2D eigenvalue weighted by atomic mass is 10.0. The summed E-state index contributed by atoms with van der Waals surface area (Å²) in [4.78, 5) is 32.6. The number of fused-ring (bicyclic) bond motifs is 2. The van der Waals surface area contributed by atoms with Crippen LogP contribution in [0.3, 0.4) is 0 Å². The summed E-state index contributed by atoms with van der Waals surface area (Å²) in [6, 6.07) is 9.42. The average Bonchev–Trinajstić information content (AvgIpc) is 3.28. The Morgan fingerprint density at radius 2 is 2.03 bits per heavy atom. The van der Waals surface area contributed by atoms with Gasteiger partial charge in [0.25, 0.3) is 11.8 Å². The van der Waals surface area contributed by atoms with E-state index in [1.54, 1.807) is 18.0 Å². The highest BCUT2D eigenvalue weighted by Crippen LogP contribution is 2.42. The van der Waals surface area contributed by atoms with Crippen LogP contribution in [0.5, 0.6) is 0 Å². The number of amides is 2. The second-order valence-electron chi connectivity index (χ2n) is 8.97. The molecule has 3 aromatic rings. The fourth-order valence-electron chi connectivity index (χ4n) is 4.46. The Bertz CT molecular complexity index is 1210. The van der Waals surface area contributed by atoms with Crippen molar-refractivity contribution in [2.45, 2.75) is 37.5 Å². The Labute approximate surface area is 193 Å². The summed E-state index contributed by atoms with van der Waals surface area (Å²) < 4.78 is 42.2. The number of halogens is 3. The van der Waals surface area contributed by atoms with E-state index < -0.39 is 24.2 Å². The van der Waals surface area contributed by atoms with Gasteiger partial charge in [-0.1, -0.05) is 18.2 Å². The number of nitrogens with one attached hydrogen (secondary N) is 2. The van der Waals surface area contributed by atoms with Crippen molar-refractivity contribution >= 4 is 22.7 Å². The van der Waals surface area contributed by atoms with Crippen molar-refractivity contribution in [3.05, 3.63) is 53.0 Å². The van der Waals surface area contributed by atoms with Crippen LogP contribution in [0.4, 0.5) is 13.2 Å². The summed E-state index contributed by atoms with van der Waals surface area (Å²) in [6.45, 7) is -0.847. The van der Waals surface area contributed by atoms with Gasteiger partial charge < -0.3 is 19.5 Å². The van der Waals surface area contributed by atoms with Crippen LogP contribution in [-0.4, -0.2) is 75.3 Å². The Morgan fingerprint density at radius 1 is 1.26 bits per heavy atom. The van der Waals surface area contributed by atoms with E-state index in [1.807, 2.05) is 24.3 Å². The van der Waals surface area contributed by atoms with Gasteiger partial charge in [-0.05, 0) is 25.0 Å². The molecule has 34 heavy (non-hydrogen) atoms. The summed E-state index contributed by atoms with van der Waals surface area (Å²) in [5, 5.41) is 8.03. The Hall–Kier alpha value is -3.34. The zero-order valence-corrected chi connectivity index (χ0v) is 18.5. The maximum Gasteiger partial charge on any atom is 0.411 e. The number of benzene rings is 1. The molecule has 3 heterocycles. The topological polar surface area (TPSA) is 94.3 Å². The molecule has 1 aliphatic heterocycles. The van der Waals surface area contributed by atoms with Crippen LogP contribution in [0.15, 0.2) is 30.3 Å². The highest BCUT2D eigenvalue weighted by atomic mass is 19.4. The quantitative estimate of drug-likeness (QED) is 0.572. The molecule has 1 fully saturated rings. The van der Waals surface area contributed by atoms with Crippen molar-refractivity contribution in [1.29, 1.82) is 0 Å². The van der Waals surface area contributed by atoms with E-state index in [4.69, 9.17) is 4.74 Å². The molecule has 8 nitrogen and oxygen atoms in total. The number of ether oxygens (including phenoxy) is 1. The van der Waals surface area contributed by atoms with Gasteiger partial charge in [0, 0.05) is 42.2 Å². The molecule has 2 amide bonds. The summed E-state index contributed by atoms with van der Waals surface area (Å²) >= 11 is 0. The first-order valence-corrected chi connectivity index (χ1v) is 11.0. The van der Waals surface area contributed by atoms with Crippen molar-refractivity contribution in [2.24, 2.45) is 0 Å². The number of alkyl halides is 3. The molecular formula is C23H24F3N5O3. The third-order valence-electron chi connectivity index (χ3n) is 6.66. The molecule has 1 saturated carbocycles. The van der Waals surface area contributed by atoms with Gasteiger partial charge in [0.1, 0.15) is 12.3 Å². The number of carbonyl (C=O) groups excluding carboxylic acids is 2. The highest BCUT2D eigenvalue weighted by molar-refractivity contribution is 5.99. The minimum Gasteiger partial charge on any atom is -0.370 e. The minimum atomic E-state index is -4.42. The molecule has 0 unspecified atom stereocenters. The molecule has 2 aliphatic rings. The molecule has 2 aromatic heterocycles. The number of carbonyl (C=O) groups is 2. The maximum absolute atomic E-state index is 13.2. The lowest BCUT2D eigenvalue weighted by molar-refractivity contribution is -0.177. The molecule has 2 N–H and O–H groups in total. The van der Waals surface area contributed by atoms with E-state index >= 15 is 0 Å². The van der Waals surface area contributed by atoms with Crippen molar-refractivity contribution in [3.63, 3.8) is 0 Å². The number of H-pyrrole nitrogens is 2. The summed E-state index contributed by atoms with van der Waals surface area (Å²) in [5.74, 6) is -0.570. The number of hydrogen-bond acceptors (Lipinski definition) is 4. The van der Waals surface area contributed by atoms with Crippen LogP contribution < -0.4 is 0 Å². The second kappa shape index (κ2) is 8.15. The molecule has 1 aromatic carbocycles. The molecule has 180 valence electrons. The molecule has 0 saturated heterocycles. The van der Waals surface area contributed by atoms with Gasteiger partial charge in [0.05, 0.1) is 18.7 Å².